The number of nitrogen functional groups attached to an aromatic ring is 1. The van der Waals surface area contributed by atoms with Crippen LogP contribution in [0.2, 0.25) is 0 Å². The molecule has 4 nitrogen and oxygen atoms in total. The Kier molecular flexibility index (Phi) is 3.17. The molecule has 0 aliphatic heterocycles. The Labute approximate surface area is 106 Å². The van der Waals surface area contributed by atoms with E-state index in [9.17, 15) is 13.2 Å². The van der Waals surface area contributed by atoms with Crippen LogP contribution in [0.25, 0.3) is 11.1 Å². The van der Waals surface area contributed by atoms with Gasteiger partial charge in [-0.15, -0.1) is 0 Å². The zero-order valence-electron chi connectivity index (χ0n) is 9.65. The zero-order chi connectivity index (χ0) is 14.0. The molecule has 0 saturated heterocycles. The molecular formula is C12H9F3N4. The molecule has 0 saturated carbocycles. The molecule has 0 unspecified atom stereocenters. The van der Waals surface area contributed by atoms with E-state index in [-0.39, 0.29) is 5.69 Å². The third kappa shape index (κ3) is 3.04. The summed E-state index contributed by atoms with van der Waals surface area (Å²) in [4.78, 5) is 0. The molecule has 2 rings (SSSR count). The Bertz CT molecular complexity index is 637. The van der Waals surface area contributed by atoms with Crippen molar-refractivity contribution < 1.29 is 13.2 Å². The van der Waals surface area contributed by atoms with Crippen molar-refractivity contribution in [3.63, 3.8) is 0 Å². The Balaban J connectivity index is 2.28. The predicted octanol–water partition coefficient (Wildman–Crippen LogP) is 2.57. The maximum absolute atomic E-state index is 12.2. The topological polar surface area (TPSA) is 67.6 Å². The minimum Gasteiger partial charge on any atom is -0.398 e. The first-order valence-corrected chi connectivity index (χ1v) is 5.28. The Morgan fingerprint density at radius 2 is 2.05 bits per heavy atom. The number of benzene rings is 1. The van der Waals surface area contributed by atoms with Gasteiger partial charge in [0.05, 0.1) is 17.4 Å². The molecule has 2 aromatic rings. The van der Waals surface area contributed by atoms with Gasteiger partial charge in [-0.25, -0.2) is 0 Å². The number of halogens is 3. The lowest BCUT2D eigenvalue weighted by Gasteiger charge is -2.05. The van der Waals surface area contributed by atoms with E-state index in [0.717, 1.165) is 4.68 Å². The van der Waals surface area contributed by atoms with Crippen molar-refractivity contribution >= 4 is 5.69 Å². The number of rotatable bonds is 2. The van der Waals surface area contributed by atoms with Gasteiger partial charge in [-0.05, 0) is 17.7 Å². The third-order valence-corrected chi connectivity index (χ3v) is 2.48. The van der Waals surface area contributed by atoms with E-state index in [2.05, 4.69) is 5.10 Å². The van der Waals surface area contributed by atoms with Crippen molar-refractivity contribution in [1.29, 1.82) is 5.26 Å². The molecule has 0 amide bonds. The van der Waals surface area contributed by atoms with Crippen LogP contribution >= 0.6 is 0 Å². The van der Waals surface area contributed by atoms with Gasteiger partial charge in [0, 0.05) is 11.8 Å². The fraction of sp³-hybridized carbons (Fsp3) is 0.167. The maximum atomic E-state index is 12.2. The van der Waals surface area contributed by atoms with Gasteiger partial charge in [0.1, 0.15) is 12.6 Å². The number of nitrogens with zero attached hydrogens (tertiary/aromatic N) is 3. The minimum absolute atomic E-state index is 0.281. The summed E-state index contributed by atoms with van der Waals surface area (Å²) in [5.41, 5.74) is 7.38. The molecule has 19 heavy (non-hydrogen) atoms. The van der Waals surface area contributed by atoms with Crippen LogP contribution < -0.4 is 5.73 Å². The second-order valence-electron chi connectivity index (χ2n) is 3.96. The van der Waals surface area contributed by atoms with Crippen LogP contribution in [0.4, 0.5) is 18.9 Å². The van der Waals surface area contributed by atoms with Crippen LogP contribution in [0.15, 0.2) is 30.6 Å². The van der Waals surface area contributed by atoms with Gasteiger partial charge in [-0.3, -0.25) is 4.68 Å². The summed E-state index contributed by atoms with van der Waals surface area (Å²) in [7, 11) is 0. The van der Waals surface area contributed by atoms with Crippen LogP contribution in [0.1, 0.15) is 5.56 Å². The number of hydrogen-bond acceptors (Lipinski definition) is 3. The monoisotopic (exact) mass is 266 g/mol. The lowest BCUT2D eigenvalue weighted by atomic mass is 10.1. The molecule has 98 valence electrons. The van der Waals surface area contributed by atoms with E-state index in [4.69, 9.17) is 11.0 Å². The first-order valence-electron chi connectivity index (χ1n) is 5.28. The molecule has 7 heteroatoms. The van der Waals surface area contributed by atoms with Crippen LogP contribution in [0.3, 0.4) is 0 Å². The molecule has 0 aliphatic rings. The van der Waals surface area contributed by atoms with Crippen molar-refractivity contribution in [2.24, 2.45) is 0 Å². The molecule has 0 spiro atoms. The fourth-order valence-corrected chi connectivity index (χ4v) is 1.63. The van der Waals surface area contributed by atoms with Crippen LogP contribution in [0.5, 0.6) is 0 Å². The molecule has 0 fully saturated rings. The van der Waals surface area contributed by atoms with E-state index in [0.29, 0.717) is 16.7 Å². The molecule has 0 aliphatic carbocycles. The smallest absolute Gasteiger partial charge is 0.398 e. The van der Waals surface area contributed by atoms with Gasteiger partial charge in [0.25, 0.3) is 0 Å². The molecular weight excluding hydrogens is 257 g/mol. The first-order chi connectivity index (χ1) is 8.89. The summed E-state index contributed by atoms with van der Waals surface area (Å²) in [6, 6.07) is 6.59. The number of anilines is 1. The maximum Gasteiger partial charge on any atom is 0.408 e. The van der Waals surface area contributed by atoms with E-state index < -0.39 is 12.7 Å². The first kappa shape index (κ1) is 13.0. The number of alkyl halides is 3. The quantitative estimate of drug-likeness (QED) is 0.849. The van der Waals surface area contributed by atoms with E-state index >= 15 is 0 Å². The minimum atomic E-state index is -4.31. The zero-order valence-corrected chi connectivity index (χ0v) is 9.65. The second-order valence-corrected chi connectivity index (χ2v) is 3.96. The Morgan fingerprint density at radius 1 is 1.32 bits per heavy atom. The van der Waals surface area contributed by atoms with Crippen molar-refractivity contribution in [1.82, 2.24) is 9.78 Å². The van der Waals surface area contributed by atoms with Crippen molar-refractivity contribution in [3.05, 3.63) is 36.2 Å². The van der Waals surface area contributed by atoms with Crippen molar-refractivity contribution in [2.45, 2.75) is 12.7 Å². The third-order valence-electron chi connectivity index (χ3n) is 2.48. The normalized spacial score (nSPS) is 11.3. The fourth-order valence-electron chi connectivity index (χ4n) is 1.63. The van der Waals surface area contributed by atoms with Gasteiger partial charge in [-0.2, -0.15) is 23.5 Å². The van der Waals surface area contributed by atoms with Crippen LogP contribution in [-0.4, -0.2) is 16.0 Å². The number of hydrogen-bond donors (Lipinski definition) is 1. The average molecular weight is 266 g/mol. The van der Waals surface area contributed by atoms with Crippen molar-refractivity contribution in [2.75, 3.05) is 5.73 Å². The molecule has 0 atom stereocenters. The molecule has 1 heterocycles. The van der Waals surface area contributed by atoms with Gasteiger partial charge in [0.2, 0.25) is 0 Å². The van der Waals surface area contributed by atoms with E-state index in [1.807, 2.05) is 6.07 Å². The van der Waals surface area contributed by atoms with Crippen LogP contribution in [-0.2, 0) is 6.54 Å². The summed E-state index contributed by atoms with van der Waals surface area (Å²) in [5, 5.41) is 12.4. The lowest BCUT2D eigenvalue weighted by molar-refractivity contribution is -0.142. The van der Waals surface area contributed by atoms with Gasteiger partial charge < -0.3 is 5.73 Å². The summed E-state index contributed by atoms with van der Waals surface area (Å²) >= 11 is 0. The molecule has 1 aromatic carbocycles. The van der Waals surface area contributed by atoms with Crippen LogP contribution in [0, 0.1) is 11.3 Å². The molecule has 2 N–H and O–H groups in total. The number of aromatic nitrogens is 2. The predicted molar refractivity (Wildman–Crippen MR) is 62.8 cm³/mol. The Morgan fingerprint density at radius 3 is 2.63 bits per heavy atom. The SMILES string of the molecule is N#Cc1ccc(-c2cnn(CC(F)(F)F)c2)cc1N. The van der Waals surface area contributed by atoms with Gasteiger partial charge in [-0.1, -0.05) is 6.07 Å². The highest BCUT2D eigenvalue weighted by molar-refractivity contribution is 5.69. The summed E-state index contributed by atoms with van der Waals surface area (Å²) in [6.07, 6.45) is -1.70. The largest absolute Gasteiger partial charge is 0.408 e. The van der Waals surface area contributed by atoms with Gasteiger partial charge >= 0.3 is 6.18 Å². The molecule has 1 aromatic heterocycles. The summed E-state index contributed by atoms with van der Waals surface area (Å²) < 4.78 is 37.4. The average Bonchev–Trinajstić information content (AvgIpc) is 2.75. The second kappa shape index (κ2) is 4.65. The highest BCUT2D eigenvalue weighted by atomic mass is 19.4. The van der Waals surface area contributed by atoms with E-state index in [1.54, 1.807) is 6.07 Å². The molecule has 0 radical (unpaired) electrons. The van der Waals surface area contributed by atoms with Gasteiger partial charge in [0.15, 0.2) is 0 Å². The summed E-state index contributed by atoms with van der Waals surface area (Å²) in [5.74, 6) is 0. The molecule has 0 bridgehead atoms. The van der Waals surface area contributed by atoms with Crippen molar-refractivity contribution in [3.8, 4) is 17.2 Å². The summed E-state index contributed by atoms with van der Waals surface area (Å²) in [6.45, 7) is -1.14. The number of nitrogens with two attached hydrogens (primary N) is 1. The highest BCUT2D eigenvalue weighted by Gasteiger charge is 2.28. The standard InChI is InChI=1S/C12H9F3N4/c13-12(14,15)7-19-6-10(5-18-19)8-1-2-9(4-16)11(17)3-8/h1-3,5-6H,7,17H2. The highest BCUT2D eigenvalue weighted by Crippen LogP contribution is 2.24. The van der Waals surface area contributed by atoms with E-state index in [1.165, 1.54) is 24.5 Å². The Hall–Kier alpha value is -2.49. The lowest BCUT2D eigenvalue weighted by Crippen LogP contribution is -2.17. The number of nitriles is 1.